The molecule has 0 aliphatic rings. The van der Waals surface area contributed by atoms with Gasteiger partial charge in [-0.15, -0.1) is 0 Å². The molecule has 1 aromatic heterocycles. The lowest BCUT2D eigenvalue weighted by molar-refractivity contribution is -0.141. The van der Waals surface area contributed by atoms with Crippen molar-refractivity contribution < 1.29 is 9.53 Å². The Labute approximate surface area is 112 Å². The zero-order chi connectivity index (χ0) is 13.8. The zero-order valence-corrected chi connectivity index (χ0v) is 11.3. The number of carbonyl (C=O) groups is 1. The van der Waals surface area contributed by atoms with E-state index in [-0.39, 0.29) is 5.97 Å². The van der Waals surface area contributed by atoms with Crippen LogP contribution in [0.15, 0.2) is 36.7 Å². The monoisotopic (exact) mass is 259 g/mol. The Hall–Kier alpha value is -2.30. The Morgan fingerprint density at radius 1 is 1.37 bits per heavy atom. The van der Waals surface area contributed by atoms with E-state index in [1.54, 1.807) is 17.1 Å². The third-order valence-corrected chi connectivity index (χ3v) is 2.86. The van der Waals surface area contributed by atoms with Crippen LogP contribution in [0, 0.1) is 6.92 Å². The second-order valence-electron chi connectivity index (χ2n) is 4.41. The average Bonchev–Trinajstić information content (AvgIpc) is 2.83. The summed E-state index contributed by atoms with van der Waals surface area (Å²) in [5.41, 5.74) is 2.81. The number of rotatable bonds is 4. The predicted octanol–water partition coefficient (Wildman–Crippen LogP) is 2.05. The molecule has 2 aromatic rings. The van der Waals surface area contributed by atoms with Crippen molar-refractivity contribution in [1.82, 2.24) is 9.78 Å². The third-order valence-electron chi connectivity index (χ3n) is 2.86. The van der Waals surface area contributed by atoms with Gasteiger partial charge in [-0.05, 0) is 19.1 Å². The number of methoxy groups -OCH3 is 1. The van der Waals surface area contributed by atoms with Gasteiger partial charge in [0.2, 0.25) is 0 Å². The van der Waals surface area contributed by atoms with Gasteiger partial charge in [0.1, 0.15) is 0 Å². The molecule has 1 unspecified atom stereocenters. The summed E-state index contributed by atoms with van der Waals surface area (Å²) in [6, 6.07) is 7.28. The summed E-state index contributed by atoms with van der Waals surface area (Å²) >= 11 is 0. The van der Waals surface area contributed by atoms with Gasteiger partial charge in [-0.25, -0.2) is 4.79 Å². The van der Waals surface area contributed by atoms with E-state index >= 15 is 0 Å². The van der Waals surface area contributed by atoms with E-state index in [0.717, 1.165) is 11.3 Å². The number of aryl methyl sites for hydroxylation is 2. The normalized spacial score (nSPS) is 11.9. The number of ether oxygens (including phenoxy) is 1. The molecule has 0 aliphatic heterocycles. The Kier molecular flexibility index (Phi) is 3.85. The van der Waals surface area contributed by atoms with Gasteiger partial charge in [0.25, 0.3) is 0 Å². The molecule has 0 radical (unpaired) electrons. The first kappa shape index (κ1) is 13.1. The van der Waals surface area contributed by atoms with Crippen LogP contribution in [-0.2, 0) is 16.6 Å². The fourth-order valence-corrected chi connectivity index (χ4v) is 1.80. The standard InChI is InChI=1S/C14H17N3O2/c1-10-4-6-12(7-5-10)16-13(14(18)19-3)11-8-15-17(2)9-11/h4-9,13,16H,1-3H3. The average molecular weight is 259 g/mol. The summed E-state index contributed by atoms with van der Waals surface area (Å²) in [6.07, 6.45) is 3.45. The second kappa shape index (κ2) is 5.56. The number of nitrogens with one attached hydrogen (secondary N) is 1. The number of anilines is 1. The highest BCUT2D eigenvalue weighted by atomic mass is 16.5. The number of benzene rings is 1. The van der Waals surface area contributed by atoms with Crippen LogP contribution < -0.4 is 5.32 Å². The predicted molar refractivity (Wildman–Crippen MR) is 72.8 cm³/mol. The molecule has 0 amide bonds. The van der Waals surface area contributed by atoms with Crippen LogP contribution in [0.1, 0.15) is 17.2 Å². The highest BCUT2D eigenvalue weighted by Gasteiger charge is 2.22. The molecule has 1 aromatic carbocycles. The van der Waals surface area contributed by atoms with E-state index in [0.29, 0.717) is 0 Å². The summed E-state index contributed by atoms with van der Waals surface area (Å²) in [7, 11) is 3.19. The van der Waals surface area contributed by atoms with Gasteiger partial charge in [0.05, 0.1) is 13.3 Å². The molecule has 100 valence electrons. The molecule has 2 rings (SSSR count). The van der Waals surface area contributed by atoms with Crippen LogP contribution in [0.5, 0.6) is 0 Å². The van der Waals surface area contributed by atoms with Crippen molar-refractivity contribution in [2.75, 3.05) is 12.4 Å². The van der Waals surface area contributed by atoms with Gasteiger partial charge in [0.15, 0.2) is 6.04 Å². The molecule has 1 N–H and O–H groups in total. The summed E-state index contributed by atoms with van der Waals surface area (Å²) in [6.45, 7) is 2.02. The summed E-state index contributed by atoms with van der Waals surface area (Å²) in [5, 5.41) is 7.24. The maximum atomic E-state index is 11.9. The minimum atomic E-state index is -0.554. The molecule has 1 atom stereocenters. The van der Waals surface area contributed by atoms with E-state index < -0.39 is 6.04 Å². The number of hydrogen-bond donors (Lipinski definition) is 1. The van der Waals surface area contributed by atoms with Gasteiger partial charge >= 0.3 is 5.97 Å². The Morgan fingerprint density at radius 2 is 2.05 bits per heavy atom. The van der Waals surface area contributed by atoms with E-state index in [9.17, 15) is 4.79 Å². The molecule has 19 heavy (non-hydrogen) atoms. The quantitative estimate of drug-likeness (QED) is 0.854. The summed E-state index contributed by atoms with van der Waals surface area (Å²) < 4.78 is 6.49. The van der Waals surface area contributed by atoms with Crippen molar-refractivity contribution in [2.24, 2.45) is 7.05 Å². The molecule has 0 saturated carbocycles. The van der Waals surface area contributed by atoms with Gasteiger partial charge in [-0.3, -0.25) is 4.68 Å². The molecule has 5 nitrogen and oxygen atoms in total. The first-order chi connectivity index (χ1) is 9.10. The minimum Gasteiger partial charge on any atom is -0.467 e. The molecule has 0 fully saturated rings. The lowest BCUT2D eigenvalue weighted by atomic mass is 10.1. The van der Waals surface area contributed by atoms with Crippen LogP contribution in [0.4, 0.5) is 5.69 Å². The van der Waals surface area contributed by atoms with Crippen molar-refractivity contribution in [3.8, 4) is 0 Å². The Morgan fingerprint density at radius 3 is 2.58 bits per heavy atom. The minimum absolute atomic E-state index is 0.339. The maximum Gasteiger partial charge on any atom is 0.333 e. The molecule has 5 heteroatoms. The molecular weight excluding hydrogens is 242 g/mol. The third kappa shape index (κ3) is 3.13. The number of hydrogen-bond acceptors (Lipinski definition) is 4. The second-order valence-corrected chi connectivity index (χ2v) is 4.41. The van der Waals surface area contributed by atoms with Crippen LogP contribution in [0.3, 0.4) is 0 Å². The van der Waals surface area contributed by atoms with Crippen molar-refractivity contribution in [1.29, 1.82) is 0 Å². The molecule has 0 bridgehead atoms. The number of esters is 1. The smallest absolute Gasteiger partial charge is 0.333 e. The van der Waals surface area contributed by atoms with Crippen LogP contribution in [0.2, 0.25) is 0 Å². The lowest BCUT2D eigenvalue weighted by Gasteiger charge is -2.16. The van der Waals surface area contributed by atoms with Gasteiger partial charge in [-0.2, -0.15) is 5.10 Å². The zero-order valence-electron chi connectivity index (χ0n) is 11.3. The van der Waals surface area contributed by atoms with E-state index in [4.69, 9.17) is 4.74 Å². The van der Waals surface area contributed by atoms with Crippen LogP contribution in [0.25, 0.3) is 0 Å². The largest absolute Gasteiger partial charge is 0.467 e. The number of aromatic nitrogens is 2. The van der Waals surface area contributed by atoms with E-state index in [1.807, 2.05) is 38.2 Å². The highest BCUT2D eigenvalue weighted by Crippen LogP contribution is 2.20. The van der Waals surface area contributed by atoms with Crippen LogP contribution in [-0.4, -0.2) is 22.9 Å². The molecule has 0 aliphatic carbocycles. The van der Waals surface area contributed by atoms with Gasteiger partial charge < -0.3 is 10.1 Å². The summed E-state index contributed by atoms with van der Waals surface area (Å²) in [4.78, 5) is 11.9. The van der Waals surface area contributed by atoms with Gasteiger partial charge in [-0.1, -0.05) is 17.7 Å². The molecule has 0 spiro atoms. The van der Waals surface area contributed by atoms with Crippen molar-refractivity contribution in [3.05, 3.63) is 47.8 Å². The SMILES string of the molecule is COC(=O)C(Nc1ccc(C)cc1)c1cnn(C)c1. The lowest BCUT2D eigenvalue weighted by Crippen LogP contribution is -2.21. The Bertz CT molecular complexity index is 560. The van der Waals surface area contributed by atoms with E-state index in [2.05, 4.69) is 10.4 Å². The maximum absolute atomic E-state index is 11.9. The first-order valence-electron chi connectivity index (χ1n) is 5.99. The van der Waals surface area contributed by atoms with E-state index in [1.165, 1.54) is 12.7 Å². The fraction of sp³-hybridized carbons (Fsp3) is 0.286. The molecular formula is C14H17N3O2. The number of carbonyl (C=O) groups excluding carboxylic acids is 1. The van der Waals surface area contributed by atoms with Gasteiger partial charge in [0, 0.05) is 24.5 Å². The van der Waals surface area contributed by atoms with Crippen LogP contribution >= 0.6 is 0 Å². The van der Waals surface area contributed by atoms with Crippen molar-refractivity contribution in [2.45, 2.75) is 13.0 Å². The summed E-state index contributed by atoms with van der Waals surface area (Å²) in [5.74, 6) is -0.339. The number of nitrogens with zero attached hydrogens (tertiary/aromatic N) is 2. The first-order valence-corrected chi connectivity index (χ1v) is 5.99. The van der Waals surface area contributed by atoms with Crippen molar-refractivity contribution >= 4 is 11.7 Å². The molecule has 1 heterocycles. The molecule has 0 saturated heterocycles. The Balaban J connectivity index is 2.23. The fourth-order valence-electron chi connectivity index (χ4n) is 1.80. The topological polar surface area (TPSA) is 56.1 Å². The highest BCUT2D eigenvalue weighted by molar-refractivity contribution is 5.80. The van der Waals surface area contributed by atoms with Crippen molar-refractivity contribution in [3.63, 3.8) is 0 Å².